The number of carbonyl (C=O) groups is 2. The maximum atomic E-state index is 11.4. The quantitative estimate of drug-likeness (QED) is 0.549. The van der Waals surface area contributed by atoms with Crippen LogP contribution in [0.3, 0.4) is 0 Å². The SMILES string of the molecule is C[C@@H](O)[C@H](NC(=O)Cn1ccnn1)C(=O)O. The Morgan fingerprint density at radius 2 is 2.25 bits per heavy atom. The number of carbonyl (C=O) groups excluding carboxylic acids is 1. The lowest BCUT2D eigenvalue weighted by molar-refractivity contribution is -0.144. The Morgan fingerprint density at radius 3 is 2.69 bits per heavy atom. The lowest BCUT2D eigenvalue weighted by Gasteiger charge is -2.16. The first kappa shape index (κ1) is 12.1. The molecule has 8 heteroatoms. The van der Waals surface area contributed by atoms with Gasteiger partial charge in [-0.25, -0.2) is 9.48 Å². The van der Waals surface area contributed by atoms with E-state index in [1.807, 2.05) is 0 Å². The fourth-order valence-corrected chi connectivity index (χ4v) is 1.07. The number of amides is 1. The van der Waals surface area contributed by atoms with Crippen LogP contribution in [0.1, 0.15) is 6.92 Å². The standard InChI is InChI=1S/C8H12N4O4/c1-5(13)7(8(15)16)10-6(14)4-12-3-2-9-11-12/h2-3,5,7,13H,4H2,1H3,(H,10,14)(H,15,16)/t5-,7+/m1/s1. The molecule has 3 N–H and O–H groups in total. The van der Waals surface area contributed by atoms with Crippen LogP contribution in [0.5, 0.6) is 0 Å². The van der Waals surface area contributed by atoms with Gasteiger partial charge in [-0.05, 0) is 6.92 Å². The molecule has 0 aliphatic rings. The van der Waals surface area contributed by atoms with Gasteiger partial charge in [0.25, 0.3) is 0 Å². The molecule has 0 radical (unpaired) electrons. The van der Waals surface area contributed by atoms with Crippen molar-refractivity contribution in [2.45, 2.75) is 25.6 Å². The second-order valence-corrected chi connectivity index (χ2v) is 3.22. The molecule has 0 bridgehead atoms. The van der Waals surface area contributed by atoms with Gasteiger partial charge in [0.1, 0.15) is 6.54 Å². The highest BCUT2D eigenvalue weighted by Crippen LogP contribution is 1.93. The number of aromatic nitrogens is 3. The zero-order valence-corrected chi connectivity index (χ0v) is 8.57. The predicted octanol–water partition coefficient (Wildman–Crippen LogP) is -1.77. The van der Waals surface area contributed by atoms with Gasteiger partial charge in [0.2, 0.25) is 5.91 Å². The molecular formula is C8H12N4O4. The van der Waals surface area contributed by atoms with Crippen molar-refractivity contribution in [1.29, 1.82) is 0 Å². The average Bonchev–Trinajstić information content (AvgIpc) is 2.65. The topological polar surface area (TPSA) is 117 Å². The van der Waals surface area contributed by atoms with E-state index in [0.717, 1.165) is 0 Å². The van der Waals surface area contributed by atoms with Crippen LogP contribution in [0.2, 0.25) is 0 Å². The van der Waals surface area contributed by atoms with Crippen LogP contribution in [0, 0.1) is 0 Å². The van der Waals surface area contributed by atoms with Crippen molar-refractivity contribution in [3.63, 3.8) is 0 Å². The number of hydrogen-bond acceptors (Lipinski definition) is 5. The summed E-state index contributed by atoms with van der Waals surface area (Å²) in [5.74, 6) is -1.85. The maximum absolute atomic E-state index is 11.4. The van der Waals surface area contributed by atoms with Crippen molar-refractivity contribution in [2.75, 3.05) is 0 Å². The van der Waals surface area contributed by atoms with Gasteiger partial charge in [-0.1, -0.05) is 5.21 Å². The summed E-state index contributed by atoms with van der Waals surface area (Å²) in [6, 6.07) is -1.32. The van der Waals surface area contributed by atoms with Gasteiger partial charge >= 0.3 is 5.97 Å². The second kappa shape index (κ2) is 5.21. The van der Waals surface area contributed by atoms with E-state index >= 15 is 0 Å². The van der Waals surface area contributed by atoms with Gasteiger partial charge in [-0.15, -0.1) is 5.10 Å². The highest BCUT2D eigenvalue weighted by atomic mass is 16.4. The number of nitrogens with zero attached hydrogens (tertiary/aromatic N) is 3. The van der Waals surface area contributed by atoms with Crippen molar-refractivity contribution in [3.05, 3.63) is 12.4 Å². The summed E-state index contributed by atoms with van der Waals surface area (Å²) in [7, 11) is 0. The highest BCUT2D eigenvalue weighted by Gasteiger charge is 2.24. The predicted molar refractivity (Wildman–Crippen MR) is 51.3 cm³/mol. The molecule has 0 unspecified atom stereocenters. The fraction of sp³-hybridized carbons (Fsp3) is 0.500. The molecule has 0 aliphatic heterocycles. The Labute approximate surface area is 90.9 Å². The van der Waals surface area contributed by atoms with Gasteiger partial charge in [0.05, 0.1) is 12.3 Å². The molecule has 1 amide bonds. The number of carboxylic acid groups (broad SMARTS) is 1. The number of nitrogens with one attached hydrogen (secondary N) is 1. The Morgan fingerprint density at radius 1 is 1.56 bits per heavy atom. The average molecular weight is 228 g/mol. The third-order valence-corrected chi connectivity index (χ3v) is 1.84. The van der Waals surface area contributed by atoms with Gasteiger partial charge < -0.3 is 15.5 Å². The molecular weight excluding hydrogens is 216 g/mol. The minimum absolute atomic E-state index is 0.142. The number of aliphatic carboxylic acids is 1. The summed E-state index contributed by atoms with van der Waals surface area (Å²) in [5.41, 5.74) is 0. The molecule has 1 heterocycles. The summed E-state index contributed by atoms with van der Waals surface area (Å²) in [6.07, 6.45) is 1.70. The van der Waals surface area contributed by atoms with Crippen LogP contribution in [0.4, 0.5) is 0 Å². The Hall–Kier alpha value is -1.96. The monoisotopic (exact) mass is 228 g/mol. The van der Waals surface area contributed by atoms with Crippen LogP contribution in [0.15, 0.2) is 12.4 Å². The van der Waals surface area contributed by atoms with Crippen LogP contribution >= 0.6 is 0 Å². The maximum Gasteiger partial charge on any atom is 0.328 e. The van der Waals surface area contributed by atoms with Crippen LogP contribution < -0.4 is 5.32 Å². The Bertz CT molecular complexity index is 362. The number of rotatable bonds is 5. The molecule has 0 fully saturated rings. The first-order valence-corrected chi connectivity index (χ1v) is 4.55. The Balaban J connectivity index is 2.52. The smallest absolute Gasteiger partial charge is 0.328 e. The van der Waals surface area contributed by atoms with E-state index in [-0.39, 0.29) is 6.54 Å². The lowest BCUT2D eigenvalue weighted by Crippen LogP contribution is -2.48. The van der Waals surface area contributed by atoms with Gasteiger partial charge in [-0.2, -0.15) is 0 Å². The second-order valence-electron chi connectivity index (χ2n) is 3.22. The molecule has 88 valence electrons. The van der Waals surface area contributed by atoms with E-state index in [4.69, 9.17) is 10.2 Å². The summed E-state index contributed by atoms with van der Waals surface area (Å²) in [4.78, 5) is 22.0. The zero-order valence-electron chi connectivity index (χ0n) is 8.57. The first-order chi connectivity index (χ1) is 7.50. The summed E-state index contributed by atoms with van der Waals surface area (Å²) < 4.78 is 1.25. The van der Waals surface area contributed by atoms with E-state index in [2.05, 4.69) is 15.6 Å². The van der Waals surface area contributed by atoms with E-state index in [1.165, 1.54) is 24.0 Å². The molecule has 0 spiro atoms. The van der Waals surface area contributed by atoms with Crippen LogP contribution in [-0.2, 0) is 16.1 Å². The summed E-state index contributed by atoms with van der Waals surface area (Å²) in [6.45, 7) is 1.14. The third kappa shape index (κ3) is 3.31. The van der Waals surface area contributed by atoms with Gasteiger partial charge in [0, 0.05) is 6.20 Å². The molecule has 1 rings (SSSR count). The molecule has 0 aromatic carbocycles. The molecule has 1 aromatic rings. The fourth-order valence-electron chi connectivity index (χ4n) is 1.07. The molecule has 8 nitrogen and oxygen atoms in total. The minimum atomic E-state index is -1.32. The number of carboxylic acids is 1. The van der Waals surface area contributed by atoms with E-state index in [9.17, 15) is 9.59 Å². The number of aliphatic hydroxyl groups is 1. The molecule has 0 saturated carbocycles. The van der Waals surface area contributed by atoms with Crippen molar-refractivity contribution in [2.24, 2.45) is 0 Å². The molecule has 1 aromatic heterocycles. The largest absolute Gasteiger partial charge is 0.480 e. The molecule has 0 aliphatic carbocycles. The third-order valence-electron chi connectivity index (χ3n) is 1.84. The van der Waals surface area contributed by atoms with Crippen LogP contribution in [0.25, 0.3) is 0 Å². The molecule has 0 saturated heterocycles. The van der Waals surface area contributed by atoms with Crippen molar-refractivity contribution in [1.82, 2.24) is 20.3 Å². The van der Waals surface area contributed by atoms with E-state index in [0.29, 0.717) is 0 Å². The first-order valence-electron chi connectivity index (χ1n) is 4.55. The zero-order chi connectivity index (χ0) is 12.1. The van der Waals surface area contributed by atoms with E-state index < -0.39 is 24.0 Å². The van der Waals surface area contributed by atoms with Gasteiger partial charge in [0.15, 0.2) is 6.04 Å². The Kier molecular flexibility index (Phi) is 3.95. The van der Waals surface area contributed by atoms with Crippen molar-refractivity contribution < 1.29 is 19.8 Å². The highest BCUT2D eigenvalue weighted by molar-refractivity contribution is 5.83. The minimum Gasteiger partial charge on any atom is -0.480 e. The normalized spacial score (nSPS) is 14.1. The number of hydrogen-bond donors (Lipinski definition) is 3. The molecule has 16 heavy (non-hydrogen) atoms. The number of aliphatic hydroxyl groups excluding tert-OH is 1. The lowest BCUT2D eigenvalue weighted by atomic mass is 10.2. The van der Waals surface area contributed by atoms with Crippen LogP contribution in [-0.4, -0.2) is 49.2 Å². The molecule has 2 atom stereocenters. The van der Waals surface area contributed by atoms with Crippen molar-refractivity contribution in [3.8, 4) is 0 Å². The summed E-state index contributed by atoms with van der Waals surface area (Å²) >= 11 is 0. The van der Waals surface area contributed by atoms with Crippen molar-refractivity contribution >= 4 is 11.9 Å². The van der Waals surface area contributed by atoms with Gasteiger partial charge in [-0.3, -0.25) is 4.79 Å². The summed E-state index contributed by atoms with van der Waals surface area (Å²) in [5, 5.41) is 27.1. The van der Waals surface area contributed by atoms with E-state index in [1.54, 1.807) is 0 Å².